The lowest BCUT2D eigenvalue weighted by atomic mass is 9.93. The minimum absolute atomic E-state index is 0.355. The first-order chi connectivity index (χ1) is 13.1. The Kier molecular flexibility index (Phi) is 5.58. The van der Waals surface area contributed by atoms with E-state index in [0.717, 1.165) is 62.7 Å². The highest BCUT2D eigenvalue weighted by Crippen LogP contribution is 2.29. The number of likely N-dealkylation sites (tertiary alicyclic amines) is 1. The Morgan fingerprint density at radius 1 is 1.19 bits per heavy atom. The lowest BCUT2D eigenvalue weighted by Crippen LogP contribution is -2.36. The fraction of sp³-hybridized carbons (Fsp3) is 0.545. The molecule has 2 aliphatic rings. The Bertz CT molecular complexity index is 830. The monoisotopic (exact) mass is 383 g/mol. The average molecular weight is 384 g/mol. The maximum absolute atomic E-state index is 11.8. The third-order valence-corrected chi connectivity index (χ3v) is 6.85. The third-order valence-electron chi connectivity index (χ3n) is 6.13. The topological polar surface area (TPSA) is 36.4 Å². The van der Waals surface area contributed by atoms with Gasteiger partial charge in [0.2, 0.25) is 5.91 Å². The molecule has 0 N–H and O–H groups in total. The summed E-state index contributed by atoms with van der Waals surface area (Å²) in [5, 5.41) is 1.26. The quantitative estimate of drug-likeness (QED) is 0.713. The lowest BCUT2D eigenvalue weighted by Gasteiger charge is -2.33. The summed E-state index contributed by atoms with van der Waals surface area (Å²) in [4.78, 5) is 22.5. The van der Waals surface area contributed by atoms with Crippen molar-refractivity contribution in [3.63, 3.8) is 0 Å². The van der Waals surface area contributed by atoms with Gasteiger partial charge in [-0.05, 0) is 74.6 Å². The van der Waals surface area contributed by atoms with Crippen molar-refractivity contribution in [2.75, 3.05) is 37.3 Å². The number of hydrogen-bond donors (Lipinski definition) is 0. The molecule has 0 radical (unpaired) electrons. The second-order valence-electron chi connectivity index (χ2n) is 7.88. The number of anilines is 1. The zero-order valence-electron chi connectivity index (χ0n) is 16.4. The molecule has 1 aromatic carbocycles. The lowest BCUT2D eigenvalue weighted by molar-refractivity contribution is -0.127. The van der Waals surface area contributed by atoms with E-state index in [-0.39, 0.29) is 0 Å². The summed E-state index contributed by atoms with van der Waals surface area (Å²) in [6.45, 7) is 6.25. The minimum atomic E-state index is 0.355. The Morgan fingerprint density at radius 2 is 2.00 bits per heavy atom. The average Bonchev–Trinajstić information content (AvgIpc) is 3.11. The molecular weight excluding hydrogens is 354 g/mol. The van der Waals surface area contributed by atoms with Crippen LogP contribution in [0.4, 0.5) is 5.82 Å². The van der Waals surface area contributed by atoms with E-state index in [9.17, 15) is 4.79 Å². The molecule has 3 heterocycles. The predicted octanol–water partition coefficient (Wildman–Crippen LogP) is 4.49. The number of piperidine rings is 1. The summed E-state index contributed by atoms with van der Waals surface area (Å²) >= 11 is 1.78. The Morgan fingerprint density at radius 3 is 2.70 bits per heavy atom. The number of amides is 1. The van der Waals surface area contributed by atoms with Crippen LogP contribution in [0.15, 0.2) is 29.2 Å². The van der Waals surface area contributed by atoms with Crippen molar-refractivity contribution in [1.82, 2.24) is 9.88 Å². The fourth-order valence-electron chi connectivity index (χ4n) is 4.37. The molecule has 144 valence electrons. The van der Waals surface area contributed by atoms with Gasteiger partial charge in [-0.2, -0.15) is 0 Å². The van der Waals surface area contributed by atoms with Crippen LogP contribution in [-0.4, -0.2) is 48.2 Å². The highest BCUT2D eigenvalue weighted by Gasteiger charge is 2.24. The highest BCUT2D eigenvalue weighted by atomic mass is 32.2. The van der Waals surface area contributed by atoms with E-state index < -0.39 is 0 Å². The first kappa shape index (κ1) is 18.6. The molecule has 4 rings (SSSR count). The molecule has 0 bridgehead atoms. The van der Waals surface area contributed by atoms with Crippen LogP contribution in [-0.2, 0) is 4.79 Å². The van der Waals surface area contributed by atoms with Crippen molar-refractivity contribution in [3.05, 3.63) is 29.8 Å². The van der Waals surface area contributed by atoms with Crippen molar-refractivity contribution < 1.29 is 4.79 Å². The molecule has 0 saturated carbocycles. The number of aromatic nitrogens is 1. The molecular formula is C22H29N3OS. The number of carbonyl (C=O) groups is 1. The molecule has 0 unspecified atom stereocenters. The zero-order valence-corrected chi connectivity index (χ0v) is 17.2. The number of benzene rings is 1. The number of hydrogen-bond acceptors (Lipinski definition) is 4. The van der Waals surface area contributed by atoms with Gasteiger partial charge in [-0.15, -0.1) is 11.8 Å². The summed E-state index contributed by atoms with van der Waals surface area (Å²) in [5.41, 5.74) is 2.40. The number of fused-ring (bicyclic) bond motifs is 1. The van der Waals surface area contributed by atoms with E-state index in [2.05, 4.69) is 47.2 Å². The van der Waals surface area contributed by atoms with Gasteiger partial charge in [-0.25, -0.2) is 4.98 Å². The molecule has 2 saturated heterocycles. The molecule has 5 heteroatoms. The maximum Gasteiger partial charge on any atom is 0.222 e. The van der Waals surface area contributed by atoms with E-state index >= 15 is 0 Å². The van der Waals surface area contributed by atoms with Crippen molar-refractivity contribution in [2.24, 2.45) is 5.92 Å². The van der Waals surface area contributed by atoms with Crippen LogP contribution in [0.3, 0.4) is 0 Å². The molecule has 1 aromatic heterocycles. The summed E-state index contributed by atoms with van der Waals surface area (Å²) in [6.07, 6.45) is 7.47. The Hall–Kier alpha value is -1.75. The van der Waals surface area contributed by atoms with Gasteiger partial charge < -0.3 is 9.80 Å². The molecule has 1 amide bonds. The molecule has 0 aliphatic carbocycles. The number of thioether (sulfide) groups is 1. The molecule has 2 aliphatic heterocycles. The van der Waals surface area contributed by atoms with Crippen LogP contribution in [0.2, 0.25) is 0 Å². The van der Waals surface area contributed by atoms with Crippen LogP contribution in [0, 0.1) is 12.8 Å². The van der Waals surface area contributed by atoms with Crippen molar-refractivity contribution in [2.45, 2.75) is 43.9 Å². The number of carbonyl (C=O) groups excluding carboxylic acids is 1. The van der Waals surface area contributed by atoms with E-state index in [1.807, 2.05) is 0 Å². The fourth-order valence-corrected chi connectivity index (χ4v) is 4.81. The second-order valence-corrected chi connectivity index (χ2v) is 8.76. The first-order valence-electron chi connectivity index (χ1n) is 10.1. The van der Waals surface area contributed by atoms with Gasteiger partial charge in [-0.3, -0.25) is 4.79 Å². The third kappa shape index (κ3) is 4.08. The zero-order chi connectivity index (χ0) is 18.8. The van der Waals surface area contributed by atoms with Crippen LogP contribution in [0.25, 0.3) is 10.9 Å². The number of nitrogens with zero attached hydrogens (tertiary/aromatic N) is 3. The van der Waals surface area contributed by atoms with Gasteiger partial charge in [0.05, 0.1) is 5.52 Å². The van der Waals surface area contributed by atoms with Crippen LogP contribution in [0.5, 0.6) is 0 Å². The summed E-state index contributed by atoms with van der Waals surface area (Å²) in [5.74, 6) is 2.21. The SMILES string of the molecule is CSc1ccc2nc(N3CCC(CCN4CCCC4=O)CC3)cc(C)c2c1. The van der Waals surface area contributed by atoms with Gasteiger partial charge in [-0.1, -0.05) is 0 Å². The van der Waals surface area contributed by atoms with E-state index in [0.29, 0.717) is 5.91 Å². The normalized spacial score (nSPS) is 18.7. The van der Waals surface area contributed by atoms with E-state index in [1.54, 1.807) is 11.8 Å². The summed E-state index contributed by atoms with van der Waals surface area (Å²) in [7, 11) is 0. The largest absolute Gasteiger partial charge is 0.357 e. The van der Waals surface area contributed by atoms with E-state index in [4.69, 9.17) is 4.98 Å². The van der Waals surface area contributed by atoms with Crippen molar-refractivity contribution >= 4 is 34.4 Å². The van der Waals surface area contributed by atoms with Crippen LogP contribution in [0.1, 0.15) is 37.7 Å². The molecule has 2 fully saturated rings. The molecule has 0 spiro atoms. The summed E-state index contributed by atoms with van der Waals surface area (Å²) in [6, 6.07) is 8.81. The van der Waals surface area contributed by atoms with Gasteiger partial charge in [0.25, 0.3) is 0 Å². The molecule has 0 atom stereocenters. The van der Waals surface area contributed by atoms with Gasteiger partial charge in [0, 0.05) is 42.9 Å². The molecule has 2 aromatic rings. The first-order valence-corrected chi connectivity index (χ1v) is 11.3. The minimum Gasteiger partial charge on any atom is -0.357 e. The predicted molar refractivity (Wildman–Crippen MR) is 114 cm³/mol. The van der Waals surface area contributed by atoms with Gasteiger partial charge >= 0.3 is 0 Å². The Labute approximate surface area is 166 Å². The smallest absolute Gasteiger partial charge is 0.222 e. The van der Waals surface area contributed by atoms with Crippen molar-refractivity contribution in [3.8, 4) is 0 Å². The number of rotatable bonds is 5. The van der Waals surface area contributed by atoms with E-state index in [1.165, 1.54) is 28.7 Å². The maximum atomic E-state index is 11.8. The van der Waals surface area contributed by atoms with Crippen molar-refractivity contribution in [1.29, 1.82) is 0 Å². The number of aryl methyl sites for hydroxylation is 1. The van der Waals surface area contributed by atoms with Crippen LogP contribution >= 0.6 is 11.8 Å². The Balaban J connectivity index is 1.38. The molecule has 4 nitrogen and oxygen atoms in total. The standard InChI is InChI=1S/C22H29N3OS/c1-16-14-21(23-20-6-5-18(27-2)15-19(16)20)24-11-7-17(8-12-24)9-13-25-10-3-4-22(25)26/h5-6,14-15,17H,3-4,7-13H2,1-2H3. The second kappa shape index (κ2) is 8.09. The van der Waals surface area contributed by atoms with Gasteiger partial charge in [0.15, 0.2) is 0 Å². The summed E-state index contributed by atoms with van der Waals surface area (Å²) < 4.78 is 0. The van der Waals surface area contributed by atoms with Crippen LogP contribution < -0.4 is 4.90 Å². The van der Waals surface area contributed by atoms with Gasteiger partial charge in [0.1, 0.15) is 5.82 Å². The molecule has 27 heavy (non-hydrogen) atoms. The number of pyridine rings is 1. The highest BCUT2D eigenvalue weighted by molar-refractivity contribution is 7.98.